The van der Waals surface area contributed by atoms with Crippen LogP contribution in [0.3, 0.4) is 0 Å². The van der Waals surface area contributed by atoms with Gasteiger partial charge in [-0.2, -0.15) is 13.2 Å². The highest BCUT2D eigenvalue weighted by Gasteiger charge is 2.27. The summed E-state index contributed by atoms with van der Waals surface area (Å²) in [6.07, 6.45) is -2.14. The van der Waals surface area contributed by atoms with E-state index in [1.54, 1.807) is 13.1 Å². The molecule has 0 aliphatic carbocycles. The van der Waals surface area contributed by atoms with Gasteiger partial charge in [0.25, 0.3) is 0 Å². The van der Waals surface area contributed by atoms with Gasteiger partial charge in [0, 0.05) is 39.3 Å². The zero-order valence-corrected chi connectivity index (χ0v) is 17.6. The Morgan fingerprint density at radius 2 is 1.93 bits per heavy atom. The number of aliphatic imine (C=N–C) groups is 1. The molecule has 5 nitrogen and oxygen atoms in total. The van der Waals surface area contributed by atoms with Crippen molar-refractivity contribution < 1.29 is 17.9 Å². The van der Waals surface area contributed by atoms with Crippen LogP contribution in [-0.4, -0.2) is 56.4 Å². The zero-order valence-electron chi connectivity index (χ0n) is 17.6. The molecule has 1 aromatic rings. The van der Waals surface area contributed by atoms with Gasteiger partial charge in [-0.3, -0.25) is 4.99 Å². The third kappa shape index (κ3) is 9.49. The van der Waals surface area contributed by atoms with E-state index >= 15 is 0 Å². The molecule has 29 heavy (non-hydrogen) atoms. The van der Waals surface area contributed by atoms with Gasteiger partial charge in [0.2, 0.25) is 0 Å². The van der Waals surface area contributed by atoms with Crippen LogP contribution in [0.2, 0.25) is 0 Å². The molecule has 0 spiro atoms. The minimum atomic E-state index is -4.30. The lowest BCUT2D eigenvalue weighted by atomic mass is 10.0. The van der Waals surface area contributed by atoms with E-state index in [0.29, 0.717) is 24.1 Å². The van der Waals surface area contributed by atoms with Gasteiger partial charge in [0.1, 0.15) is 6.61 Å². The Morgan fingerprint density at radius 1 is 1.24 bits per heavy atom. The highest BCUT2D eigenvalue weighted by molar-refractivity contribution is 5.79. The van der Waals surface area contributed by atoms with Crippen molar-refractivity contribution in [3.05, 3.63) is 35.4 Å². The predicted octanol–water partition coefficient (Wildman–Crippen LogP) is 3.55. The number of rotatable bonds is 8. The Morgan fingerprint density at radius 3 is 2.55 bits per heavy atom. The van der Waals surface area contributed by atoms with Crippen molar-refractivity contribution in [1.29, 1.82) is 0 Å². The largest absolute Gasteiger partial charge is 0.411 e. The number of hydrogen-bond acceptors (Lipinski definition) is 3. The van der Waals surface area contributed by atoms with Crippen molar-refractivity contribution in [2.45, 2.75) is 52.1 Å². The topological polar surface area (TPSA) is 48.9 Å². The third-order valence-electron chi connectivity index (χ3n) is 4.76. The molecular weight excluding hydrogens is 381 g/mol. The molecule has 2 rings (SSSR count). The van der Waals surface area contributed by atoms with Crippen molar-refractivity contribution in [1.82, 2.24) is 15.5 Å². The number of ether oxygens (including phenoxy) is 1. The van der Waals surface area contributed by atoms with Gasteiger partial charge in [0.05, 0.1) is 6.61 Å². The summed E-state index contributed by atoms with van der Waals surface area (Å²) in [5, 5.41) is 6.77. The molecule has 0 atom stereocenters. The first-order valence-corrected chi connectivity index (χ1v) is 10.2. The maximum absolute atomic E-state index is 12.2. The molecule has 1 aliphatic heterocycles. The maximum atomic E-state index is 12.2. The second-order valence-electron chi connectivity index (χ2n) is 7.97. The van der Waals surface area contributed by atoms with Gasteiger partial charge < -0.3 is 20.3 Å². The van der Waals surface area contributed by atoms with E-state index < -0.39 is 12.8 Å². The van der Waals surface area contributed by atoms with Crippen molar-refractivity contribution in [2.75, 3.05) is 33.3 Å². The van der Waals surface area contributed by atoms with Crippen LogP contribution in [-0.2, 0) is 17.9 Å². The summed E-state index contributed by atoms with van der Waals surface area (Å²) in [6, 6.07) is 7.76. The molecule has 0 bridgehead atoms. The van der Waals surface area contributed by atoms with Gasteiger partial charge >= 0.3 is 6.18 Å². The van der Waals surface area contributed by atoms with Crippen LogP contribution < -0.4 is 10.6 Å². The number of nitrogens with zero attached hydrogens (tertiary/aromatic N) is 2. The number of likely N-dealkylation sites (tertiary alicyclic amines) is 1. The van der Waals surface area contributed by atoms with Crippen LogP contribution in [0.4, 0.5) is 13.2 Å². The fraction of sp³-hybridized carbons (Fsp3) is 0.667. The smallest absolute Gasteiger partial charge is 0.367 e. The molecular formula is C21H33F3N4O. The van der Waals surface area contributed by atoms with E-state index in [9.17, 15) is 13.2 Å². The average molecular weight is 415 g/mol. The number of nitrogens with one attached hydrogen (secondary N) is 2. The molecule has 1 saturated heterocycles. The second-order valence-corrected chi connectivity index (χ2v) is 7.97. The van der Waals surface area contributed by atoms with Crippen LogP contribution in [0.15, 0.2) is 29.3 Å². The van der Waals surface area contributed by atoms with Gasteiger partial charge in [-0.05, 0) is 29.9 Å². The van der Waals surface area contributed by atoms with Crippen LogP contribution in [0.25, 0.3) is 0 Å². The summed E-state index contributed by atoms with van der Waals surface area (Å²) in [5.41, 5.74) is 1.68. The molecule has 0 saturated carbocycles. The first-order chi connectivity index (χ1) is 13.7. The number of halogens is 3. The van der Waals surface area contributed by atoms with E-state index in [0.717, 1.165) is 44.0 Å². The lowest BCUT2D eigenvalue weighted by Crippen LogP contribution is -2.48. The predicted molar refractivity (Wildman–Crippen MR) is 110 cm³/mol. The molecule has 1 heterocycles. The van der Waals surface area contributed by atoms with Crippen molar-refractivity contribution >= 4 is 5.96 Å². The minimum absolute atomic E-state index is 0.0602. The normalized spacial score (nSPS) is 17.0. The molecule has 1 fully saturated rings. The molecule has 1 aliphatic rings. The summed E-state index contributed by atoms with van der Waals surface area (Å²) in [6.45, 7) is 7.06. The summed E-state index contributed by atoms with van der Waals surface area (Å²) >= 11 is 0. The molecule has 0 amide bonds. The van der Waals surface area contributed by atoms with E-state index in [2.05, 4.69) is 34.4 Å². The maximum Gasteiger partial charge on any atom is 0.411 e. The Kier molecular flexibility index (Phi) is 9.23. The molecule has 8 heteroatoms. The first kappa shape index (κ1) is 23.5. The lowest BCUT2D eigenvalue weighted by Gasteiger charge is -2.34. The van der Waals surface area contributed by atoms with E-state index in [-0.39, 0.29) is 6.61 Å². The molecule has 1 aromatic carbocycles. The number of guanidine groups is 1. The zero-order chi connectivity index (χ0) is 21.3. The monoisotopic (exact) mass is 414 g/mol. The van der Waals surface area contributed by atoms with Crippen LogP contribution >= 0.6 is 0 Å². The Balaban J connectivity index is 1.76. The molecule has 2 N–H and O–H groups in total. The minimum Gasteiger partial charge on any atom is -0.367 e. The second kappa shape index (κ2) is 11.4. The number of benzene rings is 1. The lowest BCUT2D eigenvalue weighted by molar-refractivity contribution is -0.176. The first-order valence-electron chi connectivity index (χ1n) is 10.2. The number of alkyl halides is 3. The van der Waals surface area contributed by atoms with Crippen molar-refractivity contribution in [3.8, 4) is 0 Å². The number of piperidine rings is 1. The molecule has 0 unspecified atom stereocenters. The van der Waals surface area contributed by atoms with Crippen LogP contribution in [0, 0.1) is 5.92 Å². The van der Waals surface area contributed by atoms with E-state index in [1.807, 2.05) is 18.2 Å². The van der Waals surface area contributed by atoms with E-state index in [4.69, 9.17) is 4.74 Å². The summed E-state index contributed by atoms with van der Waals surface area (Å²) in [4.78, 5) is 6.80. The summed E-state index contributed by atoms with van der Waals surface area (Å²) in [5.74, 6) is 1.43. The summed E-state index contributed by atoms with van der Waals surface area (Å²) in [7, 11) is 1.74. The summed E-state index contributed by atoms with van der Waals surface area (Å²) < 4.78 is 41.3. The van der Waals surface area contributed by atoms with Crippen molar-refractivity contribution in [2.24, 2.45) is 10.9 Å². The average Bonchev–Trinajstić information content (AvgIpc) is 2.65. The fourth-order valence-electron chi connectivity index (χ4n) is 3.46. The Bertz CT molecular complexity index is 641. The van der Waals surface area contributed by atoms with Gasteiger partial charge in [0.15, 0.2) is 5.96 Å². The Labute approximate surface area is 171 Å². The number of hydrogen-bond donors (Lipinski definition) is 2. The molecule has 0 radical (unpaired) electrons. The van der Waals surface area contributed by atoms with Gasteiger partial charge in [-0.15, -0.1) is 0 Å². The quantitative estimate of drug-likeness (QED) is 0.505. The standard InChI is InChI=1S/C21H33F3N4O/c1-16(2)13-28-9-7-19(8-10-28)27-20(25-3)26-12-17-5-4-6-18(11-17)14-29-15-21(22,23)24/h4-6,11,16,19H,7-10,12-15H2,1-3H3,(H2,25,26,27). The third-order valence-corrected chi connectivity index (χ3v) is 4.76. The Hall–Kier alpha value is -1.80. The fourth-order valence-corrected chi connectivity index (χ4v) is 3.46. The van der Waals surface area contributed by atoms with Crippen LogP contribution in [0.5, 0.6) is 0 Å². The van der Waals surface area contributed by atoms with E-state index in [1.165, 1.54) is 0 Å². The molecule has 164 valence electrons. The highest BCUT2D eigenvalue weighted by Crippen LogP contribution is 2.16. The SMILES string of the molecule is CN=C(NCc1cccc(COCC(F)(F)F)c1)NC1CCN(CC(C)C)CC1. The van der Waals surface area contributed by atoms with Crippen LogP contribution in [0.1, 0.15) is 37.8 Å². The van der Waals surface area contributed by atoms with Gasteiger partial charge in [-0.25, -0.2) is 0 Å². The van der Waals surface area contributed by atoms with Crippen molar-refractivity contribution in [3.63, 3.8) is 0 Å². The highest BCUT2D eigenvalue weighted by atomic mass is 19.4. The van der Waals surface area contributed by atoms with Gasteiger partial charge in [-0.1, -0.05) is 38.1 Å². The molecule has 0 aromatic heterocycles.